The molecule has 0 aliphatic heterocycles. The first kappa shape index (κ1) is 11.5. The van der Waals surface area contributed by atoms with Gasteiger partial charge in [0.2, 0.25) is 0 Å². The van der Waals surface area contributed by atoms with E-state index in [1.165, 1.54) is 5.38 Å². The van der Waals surface area contributed by atoms with Crippen molar-refractivity contribution in [3.63, 3.8) is 0 Å². The topological polar surface area (TPSA) is 24.9 Å². The fourth-order valence-electron chi connectivity index (χ4n) is 0.819. The van der Waals surface area contributed by atoms with E-state index >= 15 is 0 Å². The van der Waals surface area contributed by atoms with Crippen LogP contribution in [0.2, 0.25) is 0 Å². The Morgan fingerprint density at radius 3 is 2.29 bits per heavy atom. The number of halogens is 3. The lowest BCUT2D eigenvalue weighted by molar-refractivity contribution is -0.137. The molecular formula is C8H11F3N2S. The molecule has 0 radical (unpaired) electrons. The van der Waals surface area contributed by atoms with Gasteiger partial charge in [0.15, 0.2) is 5.01 Å². The van der Waals surface area contributed by atoms with Crippen LogP contribution in [0.25, 0.3) is 0 Å². The largest absolute Gasteiger partial charge is 0.443 e. The Kier molecular flexibility index (Phi) is 2.87. The van der Waals surface area contributed by atoms with E-state index < -0.39 is 16.7 Å². The molecular weight excluding hydrogens is 213 g/mol. The fourth-order valence-corrected chi connectivity index (χ4v) is 1.67. The standard InChI is InChI=1S/C8H11F3N2S/c1-7(2,12-3)5-4-14-6(13-5)8(9,10)11/h4,12H,1-3H3. The maximum Gasteiger partial charge on any atom is 0.443 e. The van der Waals surface area contributed by atoms with Crippen LogP contribution < -0.4 is 5.32 Å². The van der Waals surface area contributed by atoms with Gasteiger partial charge in [-0.05, 0) is 20.9 Å². The number of hydrogen-bond acceptors (Lipinski definition) is 3. The second kappa shape index (κ2) is 3.51. The van der Waals surface area contributed by atoms with Crippen LogP contribution >= 0.6 is 11.3 Å². The number of nitrogens with zero attached hydrogens (tertiary/aromatic N) is 1. The van der Waals surface area contributed by atoms with Gasteiger partial charge in [0.25, 0.3) is 0 Å². The molecule has 0 saturated carbocycles. The van der Waals surface area contributed by atoms with Gasteiger partial charge >= 0.3 is 6.18 Å². The molecule has 0 unspecified atom stereocenters. The molecule has 1 rings (SSSR count). The molecule has 1 N–H and O–H groups in total. The third kappa shape index (κ3) is 2.24. The number of alkyl halides is 3. The highest BCUT2D eigenvalue weighted by Crippen LogP contribution is 2.33. The van der Waals surface area contributed by atoms with E-state index in [2.05, 4.69) is 10.3 Å². The Balaban J connectivity index is 3.00. The average Bonchev–Trinajstić information content (AvgIpc) is 2.51. The fraction of sp³-hybridized carbons (Fsp3) is 0.625. The molecule has 6 heteroatoms. The lowest BCUT2D eigenvalue weighted by Gasteiger charge is -2.21. The Labute approximate surface area is 84.2 Å². The number of thiazole rings is 1. The van der Waals surface area contributed by atoms with Crippen LogP contribution in [0.15, 0.2) is 5.38 Å². The van der Waals surface area contributed by atoms with E-state index in [4.69, 9.17) is 0 Å². The molecule has 0 saturated heterocycles. The van der Waals surface area contributed by atoms with Crippen LogP contribution in [0.4, 0.5) is 13.2 Å². The van der Waals surface area contributed by atoms with Gasteiger partial charge < -0.3 is 5.32 Å². The van der Waals surface area contributed by atoms with Gasteiger partial charge in [-0.25, -0.2) is 4.98 Å². The van der Waals surface area contributed by atoms with E-state index in [0.29, 0.717) is 17.0 Å². The highest BCUT2D eigenvalue weighted by atomic mass is 32.1. The van der Waals surface area contributed by atoms with Crippen molar-refractivity contribution in [3.8, 4) is 0 Å². The molecule has 0 fully saturated rings. The minimum absolute atomic E-state index is 0.414. The number of nitrogens with one attached hydrogen (secondary N) is 1. The van der Waals surface area contributed by atoms with Crippen molar-refractivity contribution >= 4 is 11.3 Å². The Hall–Kier alpha value is -0.620. The smallest absolute Gasteiger partial charge is 0.310 e. The lowest BCUT2D eigenvalue weighted by Crippen LogP contribution is -2.33. The van der Waals surface area contributed by atoms with E-state index in [1.54, 1.807) is 20.9 Å². The van der Waals surface area contributed by atoms with Gasteiger partial charge in [-0.15, -0.1) is 11.3 Å². The van der Waals surface area contributed by atoms with Crippen molar-refractivity contribution in [2.45, 2.75) is 25.6 Å². The molecule has 0 atom stereocenters. The summed E-state index contributed by atoms with van der Waals surface area (Å²) >= 11 is 0.623. The summed E-state index contributed by atoms with van der Waals surface area (Å²) in [5.41, 5.74) is -0.114. The first-order valence-corrected chi connectivity index (χ1v) is 4.87. The van der Waals surface area contributed by atoms with E-state index in [1.807, 2.05) is 0 Å². The Morgan fingerprint density at radius 1 is 1.36 bits per heavy atom. The molecule has 1 heterocycles. The first-order valence-electron chi connectivity index (χ1n) is 3.99. The zero-order valence-electron chi connectivity index (χ0n) is 8.07. The van der Waals surface area contributed by atoms with Gasteiger partial charge in [0, 0.05) is 5.38 Å². The van der Waals surface area contributed by atoms with E-state index in [0.717, 1.165) is 0 Å². The molecule has 80 valence electrons. The van der Waals surface area contributed by atoms with Crippen molar-refractivity contribution in [2.24, 2.45) is 0 Å². The molecule has 2 nitrogen and oxygen atoms in total. The quantitative estimate of drug-likeness (QED) is 0.835. The summed E-state index contributed by atoms with van der Waals surface area (Å²) in [7, 11) is 1.69. The van der Waals surface area contributed by atoms with Gasteiger partial charge in [-0.2, -0.15) is 13.2 Å². The van der Waals surface area contributed by atoms with Crippen molar-refractivity contribution in [2.75, 3.05) is 7.05 Å². The normalized spacial score (nSPS) is 13.3. The van der Waals surface area contributed by atoms with Crippen LogP contribution in [0, 0.1) is 0 Å². The molecule has 0 aliphatic rings. The van der Waals surface area contributed by atoms with Crippen LogP contribution in [-0.2, 0) is 11.7 Å². The Bertz CT molecular complexity index is 317. The number of aromatic nitrogens is 1. The molecule has 1 aromatic heterocycles. The summed E-state index contributed by atoms with van der Waals surface area (Å²) in [6.07, 6.45) is -4.34. The summed E-state index contributed by atoms with van der Waals surface area (Å²) in [4.78, 5) is 3.56. The molecule has 0 spiro atoms. The van der Waals surface area contributed by atoms with E-state index in [9.17, 15) is 13.2 Å². The third-order valence-electron chi connectivity index (χ3n) is 2.01. The van der Waals surface area contributed by atoms with Gasteiger partial charge in [0.1, 0.15) is 0 Å². The predicted molar refractivity (Wildman–Crippen MR) is 49.2 cm³/mol. The highest BCUT2D eigenvalue weighted by molar-refractivity contribution is 7.09. The highest BCUT2D eigenvalue weighted by Gasteiger charge is 2.36. The van der Waals surface area contributed by atoms with Crippen molar-refractivity contribution < 1.29 is 13.2 Å². The van der Waals surface area contributed by atoms with Gasteiger partial charge in [-0.3, -0.25) is 0 Å². The van der Waals surface area contributed by atoms with Gasteiger partial charge in [-0.1, -0.05) is 0 Å². The SMILES string of the molecule is CNC(C)(C)c1csc(C(F)(F)F)n1. The predicted octanol–water partition coefficient (Wildman–Crippen LogP) is 2.62. The first-order chi connectivity index (χ1) is 6.27. The molecule has 14 heavy (non-hydrogen) atoms. The Morgan fingerprint density at radius 2 is 1.93 bits per heavy atom. The maximum absolute atomic E-state index is 12.2. The van der Waals surface area contributed by atoms with Crippen LogP contribution in [-0.4, -0.2) is 12.0 Å². The zero-order chi connectivity index (χ0) is 11.0. The van der Waals surface area contributed by atoms with Crippen molar-refractivity contribution in [1.82, 2.24) is 10.3 Å². The third-order valence-corrected chi connectivity index (χ3v) is 2.90. The van der Waals surface area contributed by atoms with Crippen molar-refractivity contribution in [1.29, 1.82) is 0 Å². The molecule has 0 amide bonds. The minimum atomic E-state index is -4.34. The van der Waals surface area contributed by atoms with Gasteiger partial charge in [0.05, 0.1) is 11.2 Å². The monoisotopic (exact) mass is 224 g/mol. The average molecular weight is 224 g/mol. The molecule has 0 aliphatic carbocycles. The van der Waals surface area contributed by atoms with Crippen molar-refractivity contribution in [3.05, 3.63) is 16.1 Å². The number of hydrogen-bond donors (Lipinski definition) is 1. The molecule has 0 aromatic carbocycles. The summed E-state index contributed by atoms with van der Waals surface area (Å²) < 4.78 is 36.7. The second-order valence-electron chi connectivity index (χ2n) is 3.41. The zero-order valence-corrected chi connectivity index (χ0v) is 8.88. The van der Waals surface area contributed by atoms with Crippen LogP contribution in [0.3, 0.4) is 0 Å². The number of rotatable bonds is 2. The summed E-state index contributed by atoms with van der Waals surface area (Å²) in [5.74, 6) is 0. The molecule has 1 aromatic rings. The summed E-state index contributed by atoms with van der Waals surface area (Å²) in [6.45, 7) is 3.56. The summed E-state index contributed by atoms with van der Waals surface area (Å²) in [6, 6.07) is 0. The summed E-state index contributed by atoms with van der Waals surface area (Å²) in [5, 5.41) is 3.53. The lowest BCUT2D eigenvalue weighted by atomic mass is 10.0. The molecule has 0 bridgehead atoms. The minimum Gasteiger partial charge on any atom is -0.310 e. The second-order valence-corrected chi connectivity index (χ2v) is 4.27. The maximum atomic E-state index is 12.2. The van der Waals surface area contributed by atoms with E-state index in [-0.39, 0.29) is 0 Å². The van der Waals surface area contributed by atoms with Crippen LogP contribution in [0.5, 0.6) is 0 Å². The van der Waals surface area contributed by atoms with Crippen LogP contribution in [0.1, 0.15) is 24.5 Å².